The maximum absolute atomic E-state index is 10.2. The number of rotatable bonds is 3. The van der Waals surface area contributed by atoms with Crippen LogP contribution in [0.15, 0.2) is 5.10 Å². The van der Waals surface area contributed by atoms with Crippen molar-refractivity contribution in [3.05, 3.63) is 0 Å². The fourth-order valence-electron chi connectivity index (χ4n) is 0.743. The van der Waals surface area contributed by atoms with Gasteiger partial charge >= 0.3 is 6.03 Å². The summed E-state index contributed by atoms with van der Waals surface area (Å²) in [5.41, 5.74) is 7.99. The number of urea groups is 1. The van der Waals surface area contributed by atoms with Crippen LogP contribution in [0.25, 0.3) is 0 Å². The molecule has 64 valence electrons. The third kappa shape index (κ3) is 4.36. The molecular weight excluding hydrogens is 142 g/mol. The van der Waals surface area contributed by atoms with E-state index in [9.17, 15) is 4.79 Å². The number of hydrogen-bond acceptors (Lipinski definition) is 2. The van der Waals surface area contributed by atoms with Gasteiger partial charge in [0.1, 0.15) is 0 Å². The van der Waals surface area contributed by atoms with Crippen LogP contribution in [0.5, 0.6) is 0 Å². The van der Waals surface area contributed by atoms with Gasteiger partial charge in [-0.3, -0.25) is 0 Å². The van der Waals surface area contributed by atoms with Crippen molar-refractivity contribution in [3.63, 3.8) is 0 Å². The fourth-order valence-corrected chi connectivity index (χ4v) is 0.743. The van der Waals surface area contributed by atoms with E-state index in [4.69, 9.17) is 5.73 Å². The van der Waals surface area contributed by atoms with Crippen LogP contribution in [-0.4, -0.2) is 11.7 Å². The Morgan fingerprint density at radius 2 is 2.18 bits per heavy atom. The van der Waals surface area contributed by atoms with Crippen molar-refractivity contribution in [1.29, 1.82) is 0 Å². The Hall–Kier alpha value is -1.06. The van der Waals surface area contributed by atoms with E-state index in [1.54, 1.807) is 0 Å². The molecule has 0 rings (SSSR count). The molecule has 0 bridgehead atoms. The molecule has 0 aromatic carbocycles. The van der Waals surface area contributed by atoms with E-state index < -0.39 is 6.03 Å². The van der Waals surface area contributed by atoms with Crippen LogP contribution in [0, 0.1) is 5.92 Å². The zero-order valence-corrected chi connectivity index (χ0v) is 7.22. The fraction of sp³-hybridized carbons (Fsp3) is 0.714. The predicted molar refractivity (Wildman–Crippen MR) is 45.3 cm³/mol. The van der Waals surface area contributed by atoms with Crippen LogP contribution in [0.2, 0.25) is 0 Å². The molecule has 0 aromatic heterocycles. The van der Waals surface area contributed by atoms with E-state index in [1.165, 1.54) is 0 Å². The minimum Gasteiger partial charge on any atom is -0.350 e. The summed E-state index contributed by atoms with van der Waals surface area (Å²) in [6.07, 6.45) is 0.831. The SMILES string of the molecule is CCC(=NNC(N)=O)C(C)C. The standard InChI is InChI=1S/C7H15N3O/c1-4-6(5(2)3)9-10-7(8)11/h5H,4H2,1-3H3,(H3,8,10,11). The van der Waals surface area contributed by atoms with Crippen molar-refractivity contribution >= 4 is 11.7 Å². The van der Waals surface area contributed by atoms with Gasteiger partial charge in [-0.2, -0.15) is 5.10 Å². The maximum Gasteiger partial charge on any atom is 0.332 e. The van der Waals surface area contributed by atoms with Gasteiger partial charge in [0.15, 0.2) is 0 Å². The summed E-state index contributed by atoms with van der Waals surface area (Å²) in [6, 6.07) is -0.614. The predicted octanol–water partition coefficient (Wildman–Crippen LogP) is 1.08. The highest BCUT2D eigenvalue weighted by atomic mass is 16.2. The van der Waals surface area contributed by atoms with E-state index >= 15 is 0 Å². The van der Waals surface area contributed by atoms with E-state index in [1.807, 2.05) is 20.8 Å². The van der Waals surface area contributed by atoms with Gasteiger partial charge in [0.25, 0.3) is 0 Å². The molecule has 0 atom stereocenters. The number of primary amides is 1. The van der Waals surface area contributed by atoms with E-state index in [-0.39, 0.29) is 0 Å². The Labute approximate surface area is 66.8 Å². The number of amides is 2. The molecule has 0 heterocycles. The van der Waals surface area contributed by atoms with Crippen molar-refractivity contribution in [1.82, 2.24) is 5.43 Å². The van der Waals surface area contributed by atoms with Crippen molar-refractivity contribution < 1.29 is 4.79 Å². The quantitative estimate of drug-likeness (QED) is 0.467. The minimum atomic E-state index is -0.614. The number of hydrazone groups is 1. The lowest BCUT2D eigenvalue weighted by Gasteiger charge is -2.05. The molecule has 0 saturated heterocycles. The van der Waals surface area contributed by atoms with Gasteiger partial charge < -0.3 is 5.73 Å². The van der Waals surface area contributed by atoms with Crippen molar-refractivity contribution in [2.45, 2.75) is 27.2 Å². The van der Waals surface area contributed by atoms with Gasteiger partial charge in [0.2, 0.25) is 0 Å². The average Bonchev–Trinajstić information content (AvgIpc) is 1.87. The van der Waals surface area contributed by atoms with E-state index in [2.05, 4.69) is 10.5 Å². The normalized spacial score (nSPS) is 11.8. The summed E-state index contributed by atoms with van der Waals surface area (Å²) in [5, 5.41) is 3.83. The molecule has 0 aliphatic carbocycles. The maximum atomic E-state index is 10.2. The Morgan fingerprint density at radius 1 is 1.64 bits per heavy atom. The van der Waals surface area contributed by atoms with Gasteiger partial charge in [-0.25, -0.2) is 10.2 Å². The zero-order chi connectivity index (χ0) is 8.85. The lowest BCUT2D eigenvalue weighted by atomic mass is 10.1. The van der Waals surface area contributed by atoms with Crippen molar-refractivity contribution in [3.8, 4) is 0 Å². The molecule has 4 nitrogen and oxygen atoms in total. The lowest BCUT2D eigenvalue weighted by Crippen LogP contribution is -2.26. The Balaban J connectivity index is 4.01. The molecule has 0 aromatic rings. The highest BCUT2D eigenvalue weighted by Gasteiger charge is 2.01. The Morgan fingerprint density at radius 3 is 2.45 bits per heavy atom. The van der Waals surface area contributed by atoms with E-state index in [0.717, 1.165) is 12.1 Å². The first kappa shape index (κ1) is 9.94. The third-order valence-electron chi connectivity index (χ3n) is 1.34. The lowest BCUT2D eigenvalue weighted by molar-refractivity contribution is 0.249. The molecule has 0 radical (unpaired) electrons. The third-order valence-corrected chi connectivity index (χ3v) is 1.34. The molecule has 3 N–H and O–H groups in total. The summed E-state index contributed by atoms with van der Waals surface area (Å²) < 4.78 is 0. The van der Waals surface area contributed by atoms with Crippen LogP contribution >= 0.6 is 0 Å². The van der Waals surface area contributed by atoms with Gasteiger partial charge in [-0.15, -0.1) is 0 Å². The van der Waals surface area contributed by atoms with Crippen molar-refractivity contribution in [2.75, 3.05) is 0 Å². The number of hydrogen-bond donors (Lipinski definition) is 2. The summed E-state index contributed by atoms with van der Waals surface area (Å²) >= 11 is 0. The number of carbonyl (C=O) groups is 1. The first-order valence-electron chi connectivity index (χ1n) is 3.69. The van der Waals surface area contributed by atoms with Crippen LogP contribution in [0.3, 0.4) is 0 Å². The van der Waals surface area contributed by atoms with Crippen LogP contribution < -0.4 is 11.2 Å². The molecule has 0 spiro atoms. The van der Waals surface area contributed by atoms with Crippen LogP contribution in [0.4, 0.5) is 4.79 Å². The number of nitrogens with two attached hydrogens (primary N) is 1. The van der Waals surface area contributed by atoms with Gasteiger partial charge in [-0.05, 0) is 12.3 Å². The monoisotopic (exact) mass is 157 g/mol. The average molecular weight is 157 g/mol. The van der Waals surface area contributed by atoms with Crippen LogP contribution in [0.1, 0.15) is 27.2 Å². The Kier molecular flexibility index (Phi) is 4.26. The first-order valence-corrected chi connectivity index (χ1v) is 3.69. The molecular formula is C7H15N3O. The second-order valence-corrected chi connectivity index (χ2v) is 2.59. The Bertz CT molecular complexity index is 163. The number of nitrogens with one attached hydrogen (secondary N) is 1. The van der Waals surface area contributed by atoms with Gasteiger partial charge in [0.05, 0.1) is 0 Å². The molecule has 0 saturated carbocycles. The zero-order valence-electron chi connectivity index (χ0n) is 7.22. The molecule has 0 aliphatic rings. The van der Waals surface area contributed by atoms with Gasteiger partial charge in [-0.1, -0.05) is 20.8 Å². The summed E-state index contributed by atoms with van der Waals surface area (Å²) in [5.74, 6) is 0.354. The van der Waals surface area contributed by atoms with Crippen molar-refractivity contribution in [2.24, 2.45) is 16.8 Å². The molecule has 2 amide bonds. The highest BCUT2D eigenvalue weighted by Crippen LogP contribution is 1.99. The first-order chi connectivity index (χ1) is 5.07. The topological polar surface area (TPSA) is 67.5 Å². The molecule has 4 heteroatoms. The second kappa shape index (κ2) is 4.71. The largest absolute Gasteiger partial charge is 0.350 e. The minimum absolute atomic E-state index is 0.354. The molecule has 11 heavy (non-hydrogen) atoms. The van der Waals surface area contributed by atoms with E-state index in [0.29, 0.717) is 5.92 Å². The molecule has 0 fully saturated rings. The number of nitrogens with zero attached hydrogens (tertiary/aromatic N) is 1. The smallest absolute Gasteiger partial charge is 0.332 e. The summed E-state index contributed by atoms with van der Waals surface area (Å²) in [4.78, 5) is 10.2. The number of carbonyl (C=O) groups excluding carboxylic acids is 1. The van der Waals surface area contributed by atoms with Gasteiger partial charge in [0, 0.05) is 5.71 Å². The van der Waals surface area contributed by atoms with Crippen LogP contribution in [-0.2, 0) is 0 Å². The summed E-state index contributed by atoms with van der Waals surface area (Å²) in [6.45, 7) is 6.03. The second-order valence-electron chi connectivity index (χ2n) is 2.59. The molecule has 0 aliphatic heterocycles. The summed E-state index contributed by atoms with van der Waals surface area (Å²) in [7, 11) is 0. The highest BCUT2D eigenvalue weighted by molar-refractivity contribution is 5.87. The molecule has 0 unspecified atom stereocenters.